The molecule has 1 fully saturated rings. The molecule has 4 heteroatoms. The van der Waals surface area contributed by atoms with E-state index < -0.39 is 0 Å². The summed E-state index contributed by atoms with van der Waals surface area (Å²) in [5, 5.41) is 0. The Labute approximate surface area is 131 Å². The quantitative estimate of drug-likeness (QED) is 0.817. The van der Waals surface area contributed by atoms with E-state index in [2.05, 4.69) is 18.7 Å². The maximum atomic E-state index is 6.17. The van der Waals surface area contributed by atoms with Crippen LogP contribution >= 0.6 is 0 Å². The molecule has 2 aromatic rings. The van der Waals surface area contributed by atoms with Crippen molar-refractivity contribution in [3.8, 4) is 5.75 Å². The highest BCUT2D eigenvalue weighted by Crippen LogP contribution is 2.25. The fourth-order valence-electron chi connectivity index (χ4n) is 2.83. The molecule has 0 unspecified atom stereocenters. The summed E-state index contributed by atoms with van der Waals surface area (Å²) in [6, 6.07) is 13.8. The first-order chi connectivity index (χ1) is 10.7. The second-order valence-electron chi connectivity index (χ2n) is 6.03. The molecule has 0 aliphatic carbocycles. The van der Waals surface area contributed by atoms with Crippen molar-refractivity contribution in [1.29, 1.82) is 0 Å². The van der Waals surface area contributed by atoms with Crippen molar-refractivity contribution < 1.29 is 13.9 Å². The number of rotatable bonds is 6. The summed E-state index contributed by atoms with van der Waals surface area (Å²) in [5.74, 6) is 2.28. The van der Waals surface area contributed by atoms with Gasteiger partial charge in [-0.05, 0) is 30.2 Å². The Bertz CT molecular complexity index is 553. The van der Waals surface area contributed by atoms with Crippen LogP contribution in [0, 0.1) is 5.92 Å². The van der Waals surface area contributed by atoms with Crippen LogP contribution in [-0.4, -0.2) is 30.4 Å². The van der Waals surface area contributed by atoms with Gasteiger partial charge in [0.15, 0.2) is 0 Å². The Balaban J connectivity index is 1.58. The summed E-state index contributed by atoms with van der Waals surface area (Å²) in [7, 11) is 0. The first kappa shape index (κ1) is 15.1. The summed E-state index contributed by atoms with van der Waals surface area (Å²) < 4.78 is 17.5. The van der Waals surface area contributed by atoms with Crippen molar-refractivity contribution in [3.05, 3.63) is 54.5 Å². The second kappa shape index (κ2) is 6.99. The van der Waals surface area contributed by atoms with E-state index in [0.29, 0.717) is 12.5 Å². The van der Waals surface area contributed by atoms with Gasteiger partial charge >= 0.3 is 0 Å². The number of ether oxygens (including phenoxy) is 2. The minimum absolute atomic E-state index is 0.0857. The first-order valence-electron chi connectivity index (χ1n) is 7.82. The predicted octanol–water partition coefficient (Wildman–Crippen LogP) is 3.54. The summed E-state index contributed by atoms with van der Waals surface area (Å²) in [5.41, 5.74) is 0. The highest BCUT2D eigenvalue weighted by molar-refractivity contribution is 5.20. The van der Waals surface area contributed by atoms with Crippen LogP contribution < -0.4 is 4.74 Å². The molecule has 4 nitrogen and oxygen atoms in total. The fourth-order valence-corrected chi connectivity index (χ4v) is 2.83. The number of hydrogen-bond acceptors (Lipinski definition) is 4. The van der Waals surface area contributed by atoms with Gasteiger partial charge in [0.25, 0.3) is 0 Å². The standard InChI is InChI=1S/C18H23NO3/c1-14(2)18-19(11-16-9-6-10-20-16)12-17(22-18)13-21-15-7-4-3-5-8-15/h3-10,14,17-18H,11-13H2,1-2H3/t17-,18-/m1/s1. The number of furan rings is 1. The highest BCUT2D eigenvalue weighted by atomic mass is 16.6. The minimum Gasteiger partial charge on any atom is -0.491 e. The SMILES string of the molecule is CC(C)[C@H]1O[C@@H](COc2ccccc2)CN1Cc1ccco1. The largest absolute Gasteiger partial charge is 0.491 e. The van der Waals surface area contributed by atoms with Gasteiger partial charge in [-0.15, -0.1) is 0 Å². The van der Waals surface area contributed by atoms with E-state index in [1.165, 1.54) is 0 Å². The van der Waals surface area contributed by atoms with Crippen LogP contribution in [0.3, 0.4) is 0 Å². The van der Waals surface area contributed by atoms with Crippen molar-refractivity contribution in [2.24, 2.45) is 5.92 Å². The Morgan fingerprint density at radius 2 is 2.00 bits per heavy atom. The van der Waals surface area contributed by atoms with Crippen LogP contribution in [-0.2, 0) is 11.3 Å². The lowest BCUT2D eigenvalue weighted by Gasteiger charge is -2.24. The summed E-state index contributed by atoms with van der Waals surface area (Å²) in [6.07, 6.45) is 1.91. The normalized spacial score (nSPS) is 22.3. The molecule has 1 aromatic heterocycles. The monoisotopic (exact) mass is 301 g/mol. The van der Waals surface area contributed by atoms with Gasteiger partial charge < -0.3 is 13.9 Å². The van der Waals surface area contributed by atoms with Crippen LogP contribution in [0.2, 0.25) is 0 Å². The van der Waals surface area contributed by atoms with E-state index in [1.807, 2.05) is 42.5 Å². The lowest BCUT2D eigenvalue weighted by atomic mass is 10.2. The van der Waals surface area contributed by atoms with Gasteiger partial charge in [0.05, 0.1) is 12.8 Å². The smallest absolute Gasteiger partial charge is 0.119 e. The molecule has 1 saturated heterocycles. The zero-order valence-corrected chi connectivity index (χ0v) is 13.1. The van der Waals surface area contributed by atoms with Gasteiger partial charge in [0, 0.05) is 6.54 Å². The first-order valence-corrected chi connectivity index (χ1v) is 7.82. The molecule has 1 aliphatic rings. The van der Waals surface area contributed by atoms with Crippen molar-refractivity contribution in [3.63, 3.8) is 0 Å². The molecule has 0 spiro atoms. The van der Waals surface area contributed by atoms with Crippen molar-refractivity contribution in [2.75, 3.05) is 13.2 Å². The molecule has 0 bridgehead atoms. The zero-order chi connectivity index (χ0) is 15.4. The molecule has 3 rings (SSSR count). The number of benzene rings is 1. The van der Waals surface area contributed by atoms with Gasteiger partial charge in [-0.25, -0.2) is 0 Å². The van der Waals surface area contributed by atoms with E-state index in [9.17, 15) is 0 Å². The molecule has 1 aliphatic heterocycles. The Morgan fingerprint density at radius 1 is 1.18 bits per heavy atom. The number of hydrogen-bond donors (Lipinski definition) is 0. The molecule has 0 saturated carbocycles. The van der Waals surface area contributed by atoms with Crippen LogP contribution in [0.25, 0.3) is 0 Å². The zero-order valence-electron chi connectivity index (χ0n) is 13.1. The lowest BCUT2D eigenvalue weighted by Crippen LogP contribution is -2.33. The minimum atomic E-state index is 0.0857. The molecular weight excluding hydrogens is 278 g/mol. The molecule has 2 heterocycles. The van der Waals surface area contributed by atoms with Crippen molar-refractivity contribution in [2.45, 2.75) is 32.7 Å². The third-order valence-electron chi connectivity index (χ3n) is 3.82. The third-order valence-corrected chi connectivity index (χ3v) is 3.82. The summed E-state index contributed by atoms with van der Waals surface area (Å²) >= 11 is 0. The average molecular weight is 301 g/mol. The molecule has 118 valence electrons. The topological polar surface area (TPSA) is 34.8 Å². The Kier molecular flexibility index (Phi) is 4.80. The van der Waals surface area contributed by atoms with Gasteiger partial charge in [-0.2, -0.15) is 0 Å². The molecule has 0 N–H and O–H groups in total. The average Bonchev–Trinajstić information content (AvgIpc) is 3.16. The molecule has 1 aromatic carbocycles. The Morgan fingerprint density at radius 3 is 2.68 bits per heavy atom. The maximum absolute atomic E-state index is 6.17. The van der Waals surface area contributed by atoms with Crippen molar-refractivity contribution in [1.82, 2.24) is 4.90 Å². The summed E-state index contributed by atoms with van der Waals surface area (Å²) in [6.45, 7) is 6.57. The van der Waals surface area contributed by atoms with E-state index in [1.54, 1.807) is 6.26 Å². The van der Waals surface area contributed by atoms with E-state index in [4.69, 9.17) is 13.9 Å². The highest BCUT2D eigenvalue weighted by Gasteiger charge is 2.35. The predicted molar refractivity (Wildman–Crippen MR) is 84.6 cm³/mol. The van der Waals surface area contributed by atoms with Gasteiger partial charge in [0.2, 0.25) is 0 Å². The van der Waals surface area contributed by atoms with Crippen LogP contribution in [0.15, 0.2) is 53.1 Å². The third kappa shape index (κ3) is 3.70. The molecule has 22 heavy (non-hydrogen) atoms. The van der Waals surface area contributed by atoms with E-state index in [-0.39, 0.29) is 12.3 Å². The van der Waals surface area contributed by atoms with E-state index >= 15 is 0 Å². The van der Waals surface area contributed by atoms with Gasteiger partial charge in [0.1, 0.15) is 30.4 Å². The molecule has 2 atom stereocenters. The van der Waals surface area contributed by atoms with E-state index in [0.717, 1.165) is 24.6 Å². The lowest BCUT2D eigenvalue weighted by molar-refractivity contribution is -0.0442. The van der Waals surface area contributed by atoms with Gasteiger partial charge in [-0.3, -0.25) is 4.90 Å². The number of para-hydroxylation sites is 1. The van der Waals surface area contributed by atoms with Crippen LogP contribution in [0.4, 0.5) is 0 Å². The molecule has 0 amide bonds. The van der Waals surface area contributed by atoms with Crippen molar-refractivity contribution >= 4 is 0 Å². The molecular formula is C18H23NO3. The fraction of sp³-hybridized carbons (Fsp3) is 0.444. The van der Waals surface area contributed by atoms with Crippen LogP contribution in [0.5, 0.6) is 5.75 Å². The second-order valence-corrected chi connectivity index (χ2v) is 6.03. The summed E-state index contributed by atoms with van der Waals surface area (Å²) in [4.78, 5) is 2.32. The van der Waals surface area contributed by atoms with Crippen LogP contribution in [0.1, 0.15) is 19.6 Å². The maximum Gasteiger partial charge on any atom is 0.119 e. The number of nitrogens with zero attached hydrogens (tertiary/aromatic N) is 1. The van der Waals surface area contributed by atoms with Gasteiger partial charge in [-0.1, -0.05) is 32.0 Å². The molecule has 0 radical (unpaired) electrons. The Hall–Kier alpha value is -1.78.